The molecule has 1 N–H and O–H groups in total. The molecule has 144 valence electrons. The number of nitrogens with one attached hydrogen (secondary N) is 1. The highest BCUT2D eigenvalue weighted by atomic mass is 32.2. The van der Waals surface area contributed by atoms with Crippen molar-refractivity contribution in [1.82, 2.24) is 15.1 Å². The monoisotopic (exact) mass is 407 g/mol. The molecule has 2 aliphatic heterocycles. The first-order valence-electron chi connectivity index (χ1n) is 8.77. The normalized spacial score (nSPS) is 17.0. The van der Waals surface area contributed by atoms with Gasteiger partial charge in [-0.3, -0.25) is 4.79 Å². The average Bonchev–Trinajstić information content (AvgIpc) is 3.16. The number of aromatic nitrogens is 2. The molecule has 1 saturated heterocycles. The van der Waals surface area contributed by atoms with Crippen LogP contribution in [0.4, 0.5) is 10.8 Å². The van der Waals surface area contributed by atoms with Crippen LogP contribution in [0.25, 0.3) is 0 Å². The number of piperazine rings is 1. The highest BCUT2D eigenvalue weighted by Crippen LogP contribution is 2.33. The van der Waals surface area contributed by atoms with Gasteiger partial charge in [-0.25, -0.2) is 0 Å². The van der Waals surface area contributed by atoms with Gasteiger partial charge in [-0.1, -0.05) is 23.1 Å². The Hall–Kier alpha value is -2.04. The largest absolute Gasteiger partial charge is 0.486 e. The third-order valence-corrected chi connectivity index (χ3v) is 6.44. The number of amides is 1. The zero-order valence-electron chi connectivity index (χ0n) is 15.0. The topological polar surface area (TPSA) is 79.8 Å². The maximum Gasteiger partial charge on any atom is 0.234 e. The zero-order valence-corrected chi connectivity index (χ0v) is 16.6. The first-order valence-corrected chi connectivity index (χ1v) is 10.6. The summed E-state index contributed by atoms with van der Waals surface area (Å²) < 4.78 is 11.8. The van der Waals surface area contributed by atoms with Crippen LogP contribution >= 0.6 is 23.1 Å². The fraction of sp³-hybridized carbons (Fsp3) is 0.471. The fourth-order valence-corrected chi connectivity index (χ4v) is 4.52. The van der Waals surface area contributed by atoms with Gasteiger partial charge in [0.05, 0.1) is 5.75 Å². The quantitative estimate of drug-likeness (QED) is 0.752. The molecule has 0 saturated carbocycles. The lowest BCUT2D eigenvalue weighted by atomic mass is 10.2. The van der Waals surface area contributed by atoms with Gasteiger partial charge in [-0.15, -0.1) is 10.2 Å². The van der Waals surface area contributed by atoms with Gasteiger partial charge in [-0.05, 0) is 19.2 Å². The molecule has 8 nitrogen and oxygen atoms in total. The molecule has 1 amide bonds. The third-order valence-electron chi connectivity index (χ3n) is 4.32. The van der Waals surface area contributed by atoms with Crippen molar-refractivity contribution in [1.29, 1.82) is 0 Å². The molecular weight excluding hydrogens is 386 g/mol. The van der Waals surface area contributed by atoms with Gasteiger partial charge in [0, 0.05) is 37.9 Å². The minimum atomic E-state index is -0.0898. The number of likely N-dealkylation sites (N-methyl/N-ethyl adjacent to an activating group) is 1. The molecule has 27 heavy (non-hydrogen) atoms. The summed E-state index contributed by atoms with van der Waals surface area (Å²) in [7, 11) is 2.12. The molecule has 1 aromatic carbocycles. The second-order valence-electron chi connectivity index (χ2n) is 6.34. The van der Waals surface area contributed by atoms with E-state index in [2.05, 4.69) is 32.4 Å². The van der Waals surface area contributed by atoms with E-state index in [0.29, 0.717) is 30.4 Å². The van der Waals surface area contributed by atoms with Crippen molar-refractivity contribution in [2.45, 2.75) is 4.34 Å². The van der Waals surface area contributed by atoms with Gasteiger partial charge in [0.25, 0.3) is 0 Å². The molecule has 2 aliphatic rings. The van der Waals surface area contributed by atoms with E-state index in [0.717, 1.165) is 35.7 Å². The van der Waals surface area contributed by atoms with E-state index in [1.807, 2.05) is 12.1 Å². The van der Waals surface area contributed by atoms with Crippen LogP contribution in [0, 0.1) is 0 Å². The second-order valence-corrected chi connectivity index (χ2v) is 8.51. The molecule has 0 unspecified atom stereocenters. The van der Waals surface area contributed by atoms with Crippen LogP contribution in [-0.2, 0) is 4.79 Å². The molecule has 0 atom stereocenters. The van der Waals surface area contributed by atoms with E-state index < -0.39 is 0 Å². The van der Waals surface area contributed by atoms with Crippen molar-refractivity contribution in [2.75, 3.05) is 62.4 Å². The SMILES string of the molecule is CN1CCN(c2nnc(SCC(=O)Nc3ccc4c(c3)OCCO4)s2)CC1. The number of rotatable bonds is 5. The molecule has 1 fully saturated rings. The molecule has 2 aromatic rings. The standard InChI is InChI=1S/C17H21N5O3S2/c1-21-4-6-22(7-5-21)16-19-20-17(27-16)26-11-15(23)18-12-2-3-13-14(10-12)25-9-8-24-13/h2-3,10H,4-9,11H2,1H3,(H,18,23). The van der Waals surface area contributed by atoms with Crippen LogP contribution < -0.4 is 19.7 Å². The molecule has 4 rings (SSSR count). The Morgan fingerprint density at radius 2 is 1.96 bits per heavy atom. The third kappa shape index (κ3) is 4.63. The lowest BCUT2D eigenvalue weighted by Gasteiger charge is -2.31. The maximum absolute atomic E-state index is 12.2. The second kappa shape index (κ2) is 8.32. The number of carbonyl (C=O) groups excluding carboxylic acids is 1. The van der Waals surface area contributed by atoms with Gasteiger partial charge < -0.3 is 24.6 Å². The molecule has 3 heterocycles. The maximum atomic E-state index is 12.2. The summed E-state index contributed by atoms with van der Waals surface area (Å²) in [5.41, 5.74) is 0.695. The predicted molar refractivity (Wildman–Crippen MR) is 106 cm³/mol. The van der Waals surface area contributed by atoms with E-state index in [-0.39, 0.29) is 11.7 Å². The summed E-state index contributed by atoms with van der Waals surface area (Å²) in [4.78, 5) is 16.8. The molecular formula is C17H21N5O3S2. The molecule has 0 spiro atoms. The van der Waals surface area contributed by atoms with Gasteiger partial charge in [0.2, 0.25) is 11.0 Å². The summed E-state index contributed by atoms with van der Waals surface area (Å²) in [5, 5.41) is 12.3. The summed E-state index contributed by atoms with van der Waals surface area (Å²) in [5.74, 6) is 1.56. The van der Waals surface area contributed by atoms with E-state index in [1.54, 1.807) is 6.07 Å². The number of hydrogen-bond donors (Lipinski definition) is 1. The van der Waals surface area contributed by atoms with E-state index >= 15 is 0 Å². The van der Waals surface area contributed by atoms with Crippen molar-refractivity contribution in [3.63, 3.8) is 0 Å². The zero-order chi connectivity index (χ0) is 18.6. The summed E-state index contributed by atoms with van der Waals surface area (Å²) in [6.07, 6.45) is 0. The Morgan fingerprint density at radius 1 is 1.19 bits per heavy atom. The van der Waals surface area contributed by atoms with Crippen molar-refractivity contribution >= 4 is 39.8 Å². The van der Waals surface area contributed by atoms with Crippen molar-refractivity contribution in [3.05, 3.63) is 18.2 Å². The number of nitrogens with zero attached hydrogens (tertiary/aromatic N) is 4. The first kappa shape index (κ1) is 18.3. The van der Waals surface area contributed by atoms with Crippen LogP contribution in [0.15, 0.2) is 22.5 Å². The van der Waals surface area contributed by atoms with E-state index in [1.165, 1.54) is 23.1 Å². The lowest BCUT2D eigenvalue weighted by Crippen LogP contribution is -2.44. The number of carbonyl (C=O) groups is 1. The van der Waals surface area contributed by atoms with E-state index in [9.17, 15) is 4.79 Å². The van der Waals surface area contributed by atoms with Crippen LogP contribution in [0.3, 0.4) is 0 Å². The minimum absolute atomic E-state index is 0.0898. The van der Waals surface area contributed by atoms with Gasteiger partial charge in [0.15, 0.2) is 15.8 Å². The highest BCUT2D eigenvalue weighted by Gasteiger charge is 2.18. The summed E-state index contributed by atoms with van der Waals surface area (Å²) in [6, 6.07) is 5.41. The summed E-state index contributed by atoms with van der Waals surface area (Å²) >= 11 is 2.94. The predicted octanol–water partition coefficient (Wildman–Crippen LogP) is 1.79. The van der Waals surface area contributed by atoms with Gasteiger partial charge in [-0.2, -0.15) is 0 Å². The minimum Gasteiger partial charge on any atom is -0.486 e. The number of anilines is 2. The Labute approximate surface area is 165 Å². The Balaban J connectivity index is 1.28. The Bertz CT molecular complexity index is 808. The summed E-state index contributed by atoms with van der Waals surface area (Å²) in [6.45, 7) is 5.04. The highest BCUT2D eigenvalue weighted by molar-refractivity contribution is 8.01. The van der Waals surface area contributed by atoms with Crippen LogP contribution in [0.1, 0.15) is 0 Å². The Morgan fingerprint density at radius 3 is 2.78 bits per heavy atom. The van der Waals surface area contributed by atoms with Gasteiger partial charge in [0.1, 0.15) is 13.2 Å². The van der Waals surface area contributed by atoms with Crippen molar-refractivity contribution in [3.8, 4) is 11.5 Å². The lowest BCUT2D eigenvalue weighted by molar-refractivity contribution is -0.113. The smallest absolute Gasteiger partial charge is 0.234 e. The molecule has 10 heteroatoms. The first-order chi connectivity index (χ1) is 13.2. The molecule has 0 aliphatic carbocycles. The number of thioether (sulfide) groups is 1. The number of benzene rings is 1. The van der Waals surface area contributed by atoms with Crippen LogP contribution in [0.2, 0.25) is 0 Å². The molecule has 0 radical (unpaired) electrons. The Kier molecular flexibility index (Phi) is 5.65. The number of ether oxygens (including phenoxy) is 2. The van der Waals surface area contributed by atoms with Crippen LogP contribution in [-0.4, -0.2) is 73.2 Å². The number of fused-ring (bicyclic) bond motifs is 1. The average molecular weight is 408 g/mol. The molecule has 1 aromatic heterocycles. The van der Waals surface area contributed by atoms with Crippen molar-refractivity contribution in [2.24, 2.45) is 0 Å². The van der Waals surface area contributed by atoms with E-state index in [4.69, 9.17) is 9.47 Å². The molecule has 0 bridgehead atoms. The fourth-order valence-electron chi connectivity index (χ4n) is 2.83. The van der Waals surface area contributed by atoms with Crippen LogP contribution in [0.5, 0.6) is 11.5 Å². The van der Waals surface area contributed by atoms with Gasteiger partial charge >= 0.3 is 0 Å². The number of hydrogen-bond acceptors (Lipinski definition) is 9. The van der Waals surface area contributed by atoms with Crippen molar-refractivity contribution < 1.29 is 14.3 Å².